The molecule has 1 aromatic heterocycles. The number of rotatable bonds is 7. The second-order valence-electron chi connectivity index (χ2n) is 5.50. The topological polar surface area (TPSA) is 94.5 Å². The van der Waals surface area contributed by atoms with Crippen LogP contribution in [-0.2, 0) is 22.7 Å². The molecule has 3 N–H and O–H groups in total. The number of benzene rings is 1. The fraction of sp³-hybridized carbons (Fsp3) is 0.312. The van der Waals surface area contributed by atoms with Gasteiger partial charge in [0.15, 0.2) is 0 Å². The second-order valence-corrected chi connectivity index (χ2v) is 5.50. The summed E-state index contributed by atoms with van der Waals surface area (Å²) >= 11 is 0. The summed E-state index contributed by atoms with van der Waals surface area (Å²) in [6.45, 7) is 2.03. The minimum atomic E-state index is -0.519. The lowest BCUT2D eigenvalue weighted by atomic mass is 10.2. The Bertz CT molecular complexity index is 696. The number of aromatic nitrogens is 2. The van der Waals surface area contributed by atoms with Crippen LogP contribution in [0.25, 0.3) is 0 Å². The number of hydrogen-bond acceptors (Lipinski definition) is 5. The van der Waals surface area contributed by atoms with Crippen LogP contribution in [0.15, 0.2) is 47.9 Å². The van der Waals surface area contributed by atoms with Gasteiger partial charge in [0.05, 0.1) is 12.7 Å². The van der Waals surface area contributed by atoms with Crippen LogP contribution in [0.4, 0.5) is 0 Å². The maximum atomic E-state index is 11.0. The molecule has 0 saturated carbocycles. The average Bonchev–Trinajstić information content (AvgIpc) is 3.18. The van der Waals surface area contributed by atoms with E-state index in [2.05, 4.69) is 27.7 Å². The third-order valence-corrected chi connectivity index (χ3v) is 3.59. The highest BCUT2D eigenvalue weighted by atomic mass is 16.6. The molecule has 0 bridgehead atoms. The van der Waals surface area contributed by atoms with Gasteiger partial charge in [-0.05, 0) is 5.56 Å². The van der Waals surface area contributed by atoms with Crippen molar-refractivity contribution in [1.82, 2.24) is 15.1 Å². The van der Waals surface area contributed by atoms with E-state index < -0.39 is 5.91 Å². The summed E-state index contributed by atoms with van der Waals surface area (Å²) in [6, 6.07) is 10.2. The Morgan fingerprint density at radius 3 is 2.91 bits per heavy atom. The molecule has 1 amide bonds. The summed E-state index contributed by atoms with van der Waals surface area (Å²) < 4.78 is 1.91. The fourth-order valence-corrected chi connectivity index (χ4v) is 2.42. The molecule has 120 valence electrons. The first-order valence-electron chi connectivity index (χ1n) is 7.49. The lowest BCUT2D eigenvalue weighted by Gasteiger charge is -2.08. The molecular weight excluding hydrogens is 294 g/mol. The van der Waals surface area contributed by atoms with Gasteiger partial charge in [-0.2, -0.15) is 5.10 Å². The first-order chi connectivity index (χ1) is 11.2. The summed E-state index contributed by atoms with van der Waals surface area (Å²) in [4.78, 5) is 16.1. The number of nitrogens with one attached hydrogen (secondary N) is 1. The molecular formula is C16H19N5O2. The molecule has 0 fully saturated rings. The Morgan fingerprint density at radius 1 is 1.35 bits per heavy atom. The van der Waals surface area contributed by atoms with Crippen LogP contribution in [0.1, 0.15) is 17.5 Å². The van der Waals surface area contributed by atoms with Gasteiger partial charge in [-0.25, -0.2) is 0 Å². The van der Waals surface area contributed by atoms with Crippen LogP contribution in [0.3, 0.4) is 0 Å². The standard InChI is InChI=1S/C16H19N5O2/c17-16(22)15-6-14(23-20-15)9-18-7-13-8-19-21(11-13)10-12-4-2-1-3-5-12/h1-5,8,11,14,18H,6-7,9-10H2,(H2,17,22)/t14-/m0/s1. The Labute approximate surface area is 134 Å². The van der Waals surface area contributed by atoms with E-state index in [1.165, 1.54) is 5.56 Å². The molecule has 0 aliphatic carbocycles. The van der Waals surface area contributed by atoms with Gasteiger partial charge in [-0.15, -0.1) is 0 Å². The van der Waals surface area contributed by atoms with E-state index in [4.69, 9.17) is 10.6 Å². The lowest BCUT2D eigenvalue weighted by Crippen LogP contribution is -2.29. The summed E-state index contributed by atoms with van der Waals surface area (Å²) in [5, 5.41) is 11.3. The minimum absolute atomic E-state index is 0.142. The lowest BCUT2D eigenvalue weighted by molar-refractivity contribution is -0.112. The van der Waals surface area contributed by atoms with E-state index in [0.717, 1.165) is 12.1 Å². The Hall–Kier alpha value is -2.67. The first-order valence-corrected chi connectivity index (χ1v) is 7.49. The van der Waals surface area contributed by atoms with Gasteiger partial charge in [0.1, 0.15) is 11.8 Å². The van der Waals surface area contributed by atoms with Crippen molar-refractivity contribution >= 4 is 11.6 Å². The number of carbonyl (C=O) groups is 1. The molecule has 0 saturated heterocycles. The summed E-state index contributed by atoms with van der Waals surface area (Å²) in [7, 11) is 0. The molecule has 3 rings (SSSR count). The van der Waals surface area contributed by atoms with Crippen LogP contribution in [0.5, 0.6) is 0 Å². The number of oxime groups is 1. The zero-order valence-electron chi connectivity index (χ0n) is 12.7. The molecule has 1 atom stereocenters. The van der Waals surface area contributed by atoms with E-state index in [1.807, 2.05) is 35.3 Å². The molecule has 1 aliphatic rings. The smallest absolute Gasteiger partial charge is 0.266 e. The van der Waals surface area contributed by atoms with Gasteiger partial charge in [0.25, 0.3) is 5.91 Å². The van der Waals surface area contributed by atoms with Crippen molar-refractivity contribution in [1.29, 1.82) is 0 Å². The van der Waals surface area contributed by atoms with Crippen LogP contribution in [0, 0.1) is 0 Å². The molecule has 7 heteroatoms. The Kier molecular flexibility index (Phi) is 4.68. The largest absolute Gasteiger partial charge is 0.390 e. The fourth-order valence-electron chi connectivity index (χ4n) is 2.42. The zero-order chi connectivity index (χ0) is 16.1. The van der Waals surface area contributed by atoms with Gasteiger partial charge >= 0.3 is 0 Å². The number of carbonyl (C=O) groups excluding carboxylic acids is 1. The van der Waals surface area contributed by atoms with Gasteiger partial charge < -0.3 is 15.9 Å². The molecule has 2 heterocycles. The molecule has 1 aromatic carbocycles. The highest BCUT2D eigenvalue weighted by Crippen LogP contribution is 2.09. The quantitative estimate of drug-likeness (QED) is 0.785. The van der Waals surface area contributed by atoms with Crippen molar-refractivity contribution in [2.45, 2.75) is 25.6 Å². The van der Waals surface area contributed by atoms with Crippen LogP contribution < -0.4 is 11.1 Å². The van der Waals surface area contributed by atoms with Gasteiger partial charge in [0.2, 0.25) is 0 Å². The molecule has 7 nitrogen and oxygen atoms in total. The van der Waals surface area contributed by atoms with Crippen molar-refractivity contribution in [3.8, 4) is 0 Å². The SMILES string of the molecule is NC(=O)C1=NO[C@H](CNCc2cnn(Cc3ccccc3)c2)C1. The Balaban J connectivity index is 1.42. The number of nitrogens with zero attached hydrogens (tertiary/aromatic N) is 3. The number of nitrogens with two attached hydrogens (primary N) is 1. The highest BCUT2D eigenvalue weighted by Gasteiger charge is 2.23. The van der Waals surface area contributed by atoms with Crippen LogP contribution >= 0.6 is 0 Å². The molecule has 0 spiro atoms. The molecule has 23 heavy (non-hydrogen) atoms. The summed E-state index contributed by atoms with van der Waals surface area (Å²) in [5.74, 6) is -0.519. The predicted molar refractivity (Wildman–Crippen MR) is 85.6 cm³/mol. The number of primary amides is 1. The number of amides is 1. The van der Waals surface area contributed by atoms with E-state index in [1.54, 1.807) is 0 Å². The van der Waals surface area contributed by atoms with E-state index in [9.17, 15) is 4.79 Å². The zero-order valence-corrected chi connectivity index (χ0v) is 12.7. The number of hydrogen-bond donors (Lipinski definition) is 2. The molecule has 0 unspecified atom stereocenters. The van der Waals surface area contributed by atoms with E-state index in [0.29, 0.717) is 25.2 Å². The average molecular weight is 313 g/mol. The maximum Gasteiger partial charge on any atom is 0.266 e. The van der Waals surface area contributed by atoms with E-state index in [-0.39, 0.29) is 6.10 Å². The molecule has 0 radical (unpaired) electrons. The molecule has 1 aliphatic heterocycles. The molecule has 2 aromatic rings. The second kappa shape index (κ2) is 7.06. The maximum absolute atomic E-state index is 11.0. The highest BCUT2D eigenvalue weighted by molar-refractivity contribution is 6.38. The van der Waals surface area contributed by atoms with Crippen molar-refractivity contribution in [2.75, 3.05) is 6.54 Å². The van der Waals surface area contributed by atoms with E-state index >= 15 is 0 Å². The monoisotopic (exact) mass is 313 g/mol. The van der Waals surface area contributed by atoms with Gasteiger partial charge in [-0.3, -0.25) is 9.48 Å². The minimum Gasteiger partial charge on any atom is -0.390 e. The summed E-state index contributed by atoms with van der Waals surface area (Å²) in [5.41, 5.74) is 7.77. The van der Waals surface area contributed by atoms with Gasteiger partial charge in [0, 0.05) is 31.3 Å². The Morgan fingerprint density at radius 2 is 2.17 bits per heavy atom. The normalized spacial score (nSPS) is 16.9. The third-order valence-electron chi connectivity index (χ3n) is 3.59. The summed E-state index contributed by atoms with van der Waals surface area (Å²) in [6.07, 6.45) is 4.17. The predicted octanol–water partition coefficient (Wildman–Crippen LogP) is 0.651. The van der Waals surface area contributed by atoms with Gasteiger partial charge in [-0.1, -0.05) is 35.5 Å². The van der Waals surface area contributed by atoms with Crippen LogP contribution in [-0.4, -0.2) is 34.0 Å². The third kappa shape index (κ3) is 4.17. The first kappa shape index (κ1) is 15.2. The van der Waals surface area contributed by atoms with Crippen LogP contribution in [0.2, 0.25) is 0 Å². The van der Waals surface area contributed by atoms with Crippen molar-refractivity contribution in [3.63, 3.8) is 0 Å². The van der Waals surface area contributed by atoms with Crippen molar-refractivity contribution in [2.24, 2.45) is 10.9 Å². The van der Waals surface area contributed by atoms with Crippen molar-refractivity contribution in [3.05, 3.63) is 53.9 Å². The van der Waals surface area contributed by atoms with Crippen molar-refractivity contribution < 1.29 is 9.63 Å².